The zero-order valence-corrected chi connectivity index (χ0v) is 20.2. The van der Waals surface area contributed by atoms with Crippen LogP contribution in [-0.2, 0) is 20.7 Å². The normalized spacial score (nSPS) is 16.1. The van der Waals surface area contributed by atoms with E-state index in [9.17, 15) is 4.79 Å². The number of aryl methyl sites for hydroxylation is 2. The molecular weight excluding hydrogens is 414 g/mol. The molecule has 0 spiro atoms. The summed E-state index contributed by atoms with van der Waals surface area (Å²) in [7, 11) is 1.47. The van der Waals surface area contributed by atoms with Crippen LogP contribution in [0.4, 0.5) is 0 Å². The summed E-state index contributed by atoms with van der Waals surface area (Å²) in [6, 6.07) is 14.2. The van der Waals surface area contributed by atoms with Crippen molar-refractivity contribution in [1.29, 1.82) is 0 Å². The van der Waals surface area contributed by atoms with E-state index in [0.29, 0.717) is 31.2 Å². The molecule has 176 valence electrons. The van der Waals surface area contributed by atoms with Gasteiger partial charge in [-0.1, -0.05) is 37.8 Å². The van der Waals surface area contributed by atoms with Crippen molar-refractivity contribution < 1.29 is 19.0 Å². The highest BCUT2D eigenvalue weighted by atomic mass is 16.5. The van der Waals surface area contributed by atoms with Crippen LogP contribution in [0.25, 0.3) is 0 Å². The molecule has 0 aliphatic heterocycles. The number of fused-ring (bicyclic) bond motifs is 1. The zero-order chi connectivity index (χ0) is 23.8. The molecule has 0 bridgehead atoms. The Bertz CT molecular complexity index is 996. The van der Waals surface area contributed by atoms with Gasteiger partial charge in [0.15, 0.2) is 0 Å². The molecule has 2 unspecified atom stereocenters. The number of carbonyl (C=O) groups is 1. The van der Waals surface area contributed by atoms with E-state index in [1.165, 1.54) is 18.2 Å². The SMILES string of the molecule is C=C(CCOc1cc2c(cc1C)C(C(CC)C(=O)OC)CC2)N=C(OCC)c1ccccc1. The summed E-state index contributed by atoms with van der Waals surface area (Å²) in [5.74, 6) is 1.47. The Balaban J connectivity index is 1.64. The van der Waals surface area contributed by atoms with Crippen molar-refractivity contribution in [1.82, 2.24) is 0 Å². The van der Waals surface area contributed by atoms with Crippen LogP contribution in [0, 0.1) is 12.8 Å². The maximum absolute atomic E-state index is 12.2. The van der Waals surface area contributed by atoms with Crippen molar-refractivity contribution in [3.05, 3.63) is 77.0 Å². The molecule has 1 aliphatic carbocycles. The van der Waals surface area contributed by atoms with Crippen LogP contribution >= 0.6 is 0 Å². The van der Waals surface area contributed by atoms with E-state index < -0.39 is 0 Å². The predicted molar refractivity (Wildman–Crippen MR) is 132 cm³/mol. The predicted octanol–water partition coefficient (Wildman–Crippen LogP) is 5.99. The molecule has 0 aromatic heterocycles. The number of nitrogens with zero attached hydrogens (tertiary/aromatic N) is 1. The van der Waals surface area contributed by atoms with Gasteiger partial charge in [-0.3, -0.25) is 4.79 Å². The highest BCUT2D eigenvalue weighted by molar-refractivity contribution is 5.94. The van der Waals surface area contributed by atoms with Gasteiger partial charge in [-0.05, 0) is 73.9 Å². The van der Waals surface area contributed by atoms with Crippen LogP contribution in [0.5, 0.6) is 5.75 Å². The molecule has 0 radical (unpaired) electrons. The summed E-state index contributed by atoms with van der Waals surface area (Å²) in [4.78, 5) is 16.8. The molecule has 2 atom stereocenters. The smallest absolute Gasteiger partial charge is 0.309 e. The summed E-state index contributed by atoms with van der Waals surface area (Å²) in [6.07, 6.45) is 3.30. The minimum absolute atomic E-state index is 0.0900. The molecule has 3 rings (SSSR count). The molecule has 0 heterocycles. The van der Waals surface area contributed by atoms with Gasteiger partial charge >= 0.3 is 5.97 Å². The number of rotatable bonds is 10. The van der Waals surface area contributed by atoms with E-state index in [2.05, 4.69) is 30.6 Å². The van der Waals surface area contributed by atoms with E-state index in [-0.39, 0.29) is 17.8 Å². The third-order valence-electron chi connectivity index (χ3n) is 6.20. The monoisotopic (exact) mass is 449 g/mol. The molecule has 2 aromatic rings. The molecule has 5 heteroatoms. The van der Waals surface area contributed by atoms with Crippen molar-refractivity contribution in [3.8, 4) is 5.75 Å². The third kappa shape index (κ3) is 6.04. The van der Waals surface area contributed by atoms with Crippen molar-refractivity contribution in [2.75, 3.05) is 20.3 Å². The van der Waals surface area contributed by atoms with E-state index in [1.807, 2.05) is 44.2 Å². The molecule has 1 aliphatic rings. The first kappa shape index (κ1) is 24.6. The highest BCUT2D eigenvalue weighted by Crippen LogP contribution is 2.42. The fourth-order valence-corrected chi connectivity index (χ4v) is 4.50. The van der Waals surface area contributed by atoms with Crippen LogP contribution < -0.4 is 4.74 Å². The quantitative estimate of drug-likeness (QED) is 0.254. The number of methoxy groups -OCH3 is 1. The largest absolute Gasteiger partial charge is 0.493 e. The first-order valence-electron chi connectivity index (χ1n) is 11.8. The second-order valence-corrected chi connectivity index (χ2v) is 8.38. The van der Waals surface area contributed by atoms with Crippen LogP contribution in [0.15, 0.2) is 59.7 Å². The first-order valence-corrected chi connectivity index (χ1v) is 11.8. The fraction of sp³-hybridized carbons (Fsp3) is 0.429. The lowest BCUT2D eigenvalue weighted by molar-refractivity contribution is -0.146. The van der Waals surface area contributed by atoms with E-state index in [1.54, 1.807) is 0 Å². The van der Waals surface area contributed by atoms with E-state index in [4.69, 9.17) is 14.2 Å². The average Bonchev–Trinajstić information content (AvgIpc) is 3.22. The van der Waals surface area contributed by atoms with Crippen LogP contribution in [0.2, 0.25) is 0 Å². The Morgan fingerprint density at radius 2 is 1.97 bits per heavy atom. The molecule has 0 N–H and O–H groups in total. The van der Waals surface area contributed by atoms with Crippen LogP contribution in [0.1, 0.15) is 61.3 Å². The summed E-state index contributed by atoms with van der Waals surface area (Å²) < 4.78 is 16.9. The van der Waals surface area contributed by atoms with Gasteiger partial charge in [0.05, 0.1) is 26.2 Å². The minimum atomic E-state index is -0.116. The van der Waals surface area contributed by atoms with E-state index >= 15 is 0 Å². The zero-order valence-electron chi connectivity index (χ0n) is 20.2. The topological polar surface area (TPSA) is 57.1 Å². The number of aliphatic imine (C=N–C) groups is 1. The number of carbonyl (C=O) groups excluding carboxylic acids is 1. The molecule has 0 amide bonds. The van der Waals surface area contributed by atoms with E-state index in [0.717, 1.165) is 36.1 Å². The summed E-state index contributed by atoms with van der Waals surface area (Å²) in [6.45, 7) is 11.2. The van der Waals surface area contributed by atoms with Crippen molar-refractivity contribution in [2.24, 2.45) is 10.9 Å². The molecular formula is C28H35NO4. The van der Waals surface area contributed by atoms with Crippen LogP contribution in [-0.4, -0.2) is 32.2 Å². The standard InChI is InChI=1S/C28H35NO4/c1-6-23(28(30)31-5)24-14-13-22-18-26(19(3)17-25(22)24)33-16-15-20(4)29-27(32-7-2)21-11-9-8-10-12-21/h8-12,17-18,23-24H,4,6-7,13-16H2,1-3,5H3. The average molecular weight is 450 g/mol. The molecule has 2 aromatic carbocycles. The summed E-state index contributed by atoms with van der Waals surface area (Å²) in [5.41, 5.74) is 5.25. The minimum Gasteiger partial charge on any atom is -0.493 e. The van der Waals surface area contributed by atoms with Gasteiger partial charge in [-0.2, -0.15) is 0 Å². The highest BCUT2D eigenvalue weighted by Gasteiger charge is 2.34. The molecule has 0 saturated heterocycles. The van der Waals surface area contributed by atoms with Gasteiger partial charge in [-0.25, -0.2) is 4.99 Å². The number of benzene rings is 2. The molecule has 0 saturated carbocycles. The number of ether oxygens (including phenoxy) is 3. The lowest BCUT2D eigenvalue weighted by Gasteiger charge is -2.21. The van der Waals surface area contributed by atoms with Crippen LogP contribution in [0.3, 0.4) is 0 Å². The van der Waals surface area contributed by atoms with Gasteiger partial charge in [-0.15, -0.1) is 0 Å². The van der Waals surface area contributed by atoms with Gasteiger partial charge in [0, 0.05) is 17.7 Å². The lowest BCUT2D eigenvalue weighted by atomic mass is 9.85. The van der Waals surface area contributed by atoms with Crippen molar-refractivity contribution >= 4 is 11.9 Å². The number of esters is 1. The molecule has 5 nitrogen and oxygen atoms in total. The van der Waals surface area contributed by atoms with Gasteiger partial charge < -0.3 is 14.2 Å². The van der Waals surface area contributed by atoms with Gasteiger partial charge in [0.1, 0.15) is 5.75 Å². The maximum Gasteiger partial charge on any atom is 0.309 e. The summed E-state index contributed by atoms with van der Waals surface area (Å²) in [5, 5.41) is 0. The van der Waals surface area contributed by atoms with Crippen molar-refractivity contribution in [2.45, 2.75) is 52.4 Å². The maximum atomic E-state index is 12.2. The third-order valence-corrected chi connectivity index (χ3v) is 6.20. The Morgan fingerprint density at radius 3 is 2.64 bits per heavy atom. The number of hydrogen-bond donors (Lipinski definition) is 0. The first-order chi connectivity index (χ1) is 16.0. The lowest BCUT2D eigenvalue weighted by Crippen LogP contribution is -2.21. The van der Waals surface area contributed by atoms with Gasteiger partial charge in [0.2, 0.25) is 5.90 Å². The second-order valence-electron chi connectivity index (χ2n) is 8.38. The van der Waals surface area contributed by atoms with Crippen molar-refractivity contribution in [3.63, 3.8) is 0 Å². The number of hydrogen-bond acceptors (Lipinski definition) is 5. The Labute approximate surface area is 197 Å². The fourth-order valence-electron chi connectivity index (χ4n) is 4.50. The Kier molecular flexibility index (Phi) is 8.70. The van der Waals surface area contributed by atoms with Gasteiger partial charge in [0.25, 0.3) is 0 Å². The summed E-state index contributed by atoms with van der Waals surface area (Å²) >= 11 is 0. The second kappa shape index (κ2) is 11.7. The molecule has 33 heavy (non-hydrogen) atoms. The molecule has 0 fully saturated rings. The Morgan fingerprint density at radius 1 is 1.21 bits per heavy atom. The Hall–Kier alpha value is -3.08.